The average molecular weight is 404 g/mol. The Hall–Kier alpha value is -2.38. The van der Waals surface area contributed by atoms with Crippen LogP contribution in [0, 0.1) is 5.92 Å². The topological polar surface area (TPSA) is 78.5 Å². The minimum Gasteiger partial charge on any atom is -0.378 e. The van der Waals surface area contributed by atoms with E-state index in [0.717, 1.165) is 12.1 Å². The van der Waals surface area contributed by atoms with Gasteiger partial charge in [0.2, 0.25) is 15.9 Å². The molecule has 152 valence electrons. The highest BCUT2D eigenvalue weighted by atomic mass is 32.2. The first-order valence-electron chi connectivity index (χ1n) is 9.36. The third-order valence-electron chi connectivity index (χ3n) is 4.34. The normalized spacial score (nSPS) is 11.5. The van der Waals surface area contributed by atoms with Gasteiger partial charge in [-0.05, 0) is 54.8 Å². The van der Waals surface area contributed by atoms with Gasteiger partial charge in [0.25, 0.3) is 0 Å². The zero-order valence-electron chi connectivity index (χ0n) is 16.9. The molecule has 2 aromatic rings. The molecule has 0 saturated heterocycles. The second-order valence-electron chi connectivity index (χ2n) is 7.23. The first-order chi connectivity index (χ1) is 13.2. The second kappa shape index (κ2) is 9.71. The number of amides is 1. The summed E-state index contributed by atoms with van der Waals surface area (Å²) in [6, 6.07) is 14.4. The fourth-order valence-corrected chi connectivity index (χ4v) is 3.62. The van der Waals surface area contributed by atoms with Gasteiger partial charge in [-0.25, -0.2) is 13.1 Å². The lowest BCUT2D eigenvalue weighted by molar-refractivity contribution is -0.118. The molecule has 2 aromatic carbocycles. The molecule has 0 aromatic heterocycles. The summed E-state index contributed by atoms with van der Waals surface area (Å²) in [5.41, 5.74) is 2.89. The predicted octanol–water partition coefficient (Wildman–Crippen LogP) is 3.26. The molecule has 1 amide bonds. The molecule has 0 unspecified atom stereocenters. The summed E-state index contributed by atoms with van der Waals surface area (Å²) >= 11 is 0. The molecule has 0 aliphatic carbocycles. The van der Waals surface area contributed by atoms with Gasteiger partial charge in [-0.3, -0.25) is 4.79 Å². The quantitative estimate of drug-likeness (QED) is 0.630. The SMILES string of the molecule is CC(C)C(=O)Nc1ccc(S(=O)(=O)NCCCc2ccc(N(C)C)cc2)cc1. The van der Waals surface area contributed by atoms with E-state index in [4.69, 9.17) is 0 Å². The fraction of sp³-hybridized carbons (Fsp3) is 0.381. The third kappa shape index (κ3) is 6.35. The van der Waals surface area contributed by atoms with Gasteiger partial charge < -0.3 is 10.2 Å². The lowest BCUT2D eigenvalue weighted by Crippen LogP contribution is -2.25. The van der Waals surface area contributed by atoms with Crippen LogP contribution in [-0.4, -0.2) is 35.0 Å². The predicted molar refractivity (Wildman–Crippen MR) is 114 cm³/mol. The number of nitrogens with one attached hydrogen (secondary N) is 2. The van der Waals surface area contributed by atoms with Crippen molar-refractivity contribution in [3.05, 3.63) is 54.1 Å². The Kier molecular flexibility index (Phi) is 7.60. The molecule has 0 atom stereocenters. The molecule has 0 radical (unpaired) electrons. The molecule has 0 heterocycles. The van der Waals surface area contributed by atoms with Crippen LogP contribution in [0.25, 0.3) is 0 Å². The lowest BCUT2D eigenvalue weighted by Gasteiger charge is -2.12. The Morgan fingerprint density at radius 3 is 2.14 bits per heavy atom. The van der Waals surface area contributed by atoms with Crippen molar-refractivity contribution in [1.82, 2.24) is 4.72 Å². The fourth-order valence-electron chi connectivity index (χ4n) is 2.55. The zero-order chi connectivity index (χ0) is 20.7. The smallest absolute Gasteiger partial charge is 0.240 e. The van der Waals surface area contributed by atoms with E-state index in [2.05, 4.69) is 34.3 Å². The Balaban J connectivity index is 1.85. The number of rotatable bonds is 9. The van der Waals surface area contributed by atoms with Gasteiger partial charge in [0.05, 0.1) is 4.90 Å². The summed E-state index contributed by atoms with van der Waals surface area (Å²) in [5, 5.41) is 2.74. The summed E-state index contributed by atoms with van der Waals surface area (Å²) in [5.74, 6) is -0.239. The molecular formula is C21H29N3O3S. The van der Waals surface area contributed by atoms with Gasteiger partial charge in [0.15, 0.2) is 0 Å². The van der Waals surface area contributed by atoms with E-state index >= 15 is 0 Å². The number of carbonyl (C=O) groups is 1. The Labute approximate surface area is 168 Å². The number of hydrogen-bond donors (Lipinski definition) is 2. The molecule has 0 bridgehead atoms. The maximum atomic E-state index is 12.4. The van der Waals surface area contributed by atoms with Crippen molar-refractivity contribution in [3.8, 4) is 0 Å². The number of benzene rings is 2. The van der Waals surface area contributed by atoms with Crippen LogP contribution in [-0.2, 0) is 21.2 Å². The number of aryl methyl sites for hydroxylation is 1. The van der Waals surface area contributed by atoms with Gasteiger partial charge in [-0.2, -0.15) is 0 Å². The molecule has 28 heavy (non-hydrogen) atoms. The van der Waals surface area contributed by atoms with E-state index in [9.17, 15) is 13.2 Å². The van der Waals surface area contributed by atoms with Gasteiger partial charge >= 0.3 is 0 Å². The lowest BCUT2D eigenvalue weighted by atomic mass is 10.1. The number of anilines is 2. The highest BCUT2D eigenvalue weighted by Gasteiger charge is 2.14. The molecular weight excluding hydrogens is 374 g/mol. The van der Waals surface area contributed by atoms with Crippen LogP contribution in [0.5, 0.6) is 0 Å². The third-order valence-corrected chi connectivity index (χ3v) is 5.82. The molecule has 2 N–H and O–H groups in total. The molecule has 0 spiro atoms. The van der Waals surface area contributed by atoms with Crippen LogP contribution in [0.4, 0.5) is 11.4 Å². The van der Waals surface area contributed by atoms with Crippen LogP contribution >= 0.6 is 0 Å². The first kappa shape index (κ1) is 21.9. The molecule has 2 rings (SSSR count). The van der Waals surface area contributed by atoms with Crippen molar-refractivity contribution in [2.75, 3.05) is 30.9 Å². The minimum atomic E-state index is -3.56. The van der Waals surface area contributed by atoms with E-state index in [-0.39, 0.29) is 16.7 Å². The van der Waals surface area contributed by atoms with E-state index in [1.54, 1.807) is 26.0 Å². The van der Waals surface area contributed by atoms with Gasteiger partial charge in [0.1, 0.15) is 0 Å². The first-order valence-corrected chi connectivity index (χ1v) is 10.8. The molecule has 6 nitrogen and oxygen atoms in total. The van der Waals surface area contributed by atoms with E-state index < -0.39 is 10.0 Å². The number of nitrogens with zero attached hydrogens (tertiary/aromatic N) is 1. The van der Waals surface area contributed by atoms with E-state index in [1.165, 1.54) is 17.7 Å². The monoisotopic (exact) mass is 403 g/mol. The van der Waals surface area contributed by atoms with Crippen molar-refractivity contribution in [3.63, 3.8) is 0 Å². The largest absolute Gasteiger partial charge is 0.378 e. The van der Waals surface area contributed by atoms with Crippen molar-refractivity contribution < 1.29 is 13.2 Å². The summed E-state index contributed by atoms with van der Waals surface area (Å²) in [6.45, 7) is 3.97. The summed E-state index contributed by atoms with van der Waals surface area (Å²) in [7, 11) is 0.426. The van der Waals surface area contributed by atoms with Gasteiger partial charge in [-0.1, -0.05) is 26.0 Å². The molecule has 0 aliphatic heterocycles. The van der Waals surface area contributed by atoms with Crippen molar-refractivity contribution in [1.29, 1.82) is 0 Å². The molecule has 7 heteroatoms. The summed E-state index contributed by atoms with van der Waals surface area (Å²) in [4.78, 5) is 13.9. The highest BCUT2D eigenvalue weighted by Crippen LogP contribution is 2.16. The standard InChI is InChI=1S/C21H29N3O3S/c1-16(2)21(25)23-18-9-13-20(14-10-18)28(26,27)22-15-5-6-17-7-11-19(12-8-17)24(3)4/h7-14,16,22H,5-6,15H2,1-4H3,(H,23,25). The van der Waals surface area contributed by atoms with Crippen molar-refractivity contribution in [2.24, 2.45) is 5.92 Å². The Bertz CT molecular complexity index is 874. The maximum Gasteiger partial charge on any atom is 0.240 e. The summed E-state index contributed by atoms with van der Waals surface area (Å²) < 4.78 is 27.4. The van der Waals surface area contributed by atoms with Crippen LogP contribution in [0.1, 0.15) is 25.8 Å². The molecule has 0 fully saturated rings. The Morgan fingerprint density at radius 1 is 1.00 bits per heavy atom. The van der Waals surface area contributed by atoms with Crippen molar-refractivity contribution >= 4 is 27.3 Å². The van der Waals surface area contributed by atoms with Crippen LogP contribution in [0.3, 0.4) is 0 Å². The number of hydrogen-bond acceptors (Lipinski definition) is 4. The number of carbonyl (C=O) groups excluding carboxylic acids is 1. The van der Waals surface area contributed by atoms with Crippen LogP contribution in [0.15, 0.2) is 53.4 Å². The maximum absolute atomic E-state index is 12.4. The highest BCUT2D eigenvalue weighted by molar-refractivity contribution is 7.89. The van der Waals surface area contributed by atoms with E-state index in [1.807, 2.05) is 19.0 Å². The van der Waals surface area contributed by atoms with Crippen LogP contribution < -0.4 is 14.9 Å². The van der Waals surface area contributed by atoms with E-state index in [0.29, 0.717) is 18.7 Å². The minimum absolute atomic E-state index is 0.104. The molecule has 0 aliphatic rings. The van der Waals surface area contributed by atoms with Gasteiger partial charge in [0, 0.05) is 37.9 Å². The van der Waals surface area contributed by atoms with Crippen LogP contribution in [0.2, 0.25) is 0 Å². The Morgan fingerprint density at radius 2 is 1.61 bits per heavy atom. The van der Waals surface area contributed by atoms with Gasteiger partial charge in [-0.15, -0.1) is 0 Å². The zero-order valence-corrected chi connectivity index (χ0v) is 17.7. The summed E-state index contributed by atoms with van der Waals surface area (Å²) in [6.07, 6.45) is 1.51. The average Bonchev–Trinajstić information content (AvgIpc) is 2.66. The molecule has 0 saturated carbocycles. The number of sulfonamides is 1. The second-order valence-corrected chi connectivity index (χ2v) is 9.00. The van der Waals surface area contributed by atoms with Crippen molar-refractivity contribution in [2.45, 2.75) is 31.6 Å².